The highest BCUT2D eigenvalue weighted by molar-refractivity contribution is 5.97. The average Bonchev–Trinajstić information content (AvgIpc) is 3.12. The Balaban J connectivity index is 1.31. The van der Waals surface area contributed by atoms with Gasteiger partial charge in [0.25, 0.3) is 0 Å². The molecule has 0 saturated carbocycles. The van der Waals surface area contributed by atoms with Gasteiger partial charge < -0.3 is 29.7 Å². The highest BCUT2D eigenvalue weighted by Crippen LogP contribution is 2.35. The van der Waals surface area contributed by atoms with Gasteiger partial charge in [-0.15, -0.1) is 0 Å². The molecule has 0 unspecified atom stereocenters. The molecule has 29 heavy (non-hydrogen) atoms. The summed E-state index contributed by atoms with van der Waals surface area (Å²) in [5.74, 6) is 2.04. The third-order valence-electron chi connectivity index (χ3n) is 4.91. The number of rotatable bonds is 5. The number of carbonyl (C=O) groups is 2. The number of ether oxygens (including phenoxy) is 3. The summed E-state index contributed by atoms with van der Waals surface area (Å²) in [5.41, 5.74) is 1.70. The molecule has 8 heteroatoms. The van der Waals surface area contributed by atoms with E-state index in [0.717, 1.165) is 17.0 Å². The Morgan fingerprint density at radius 3 is 2.66 bits per heavy atom. The number of hydrogen-bond acceptors (Lipinski definition) is 5. The van der Waals surface area contributed by atoms with Crippen molar-refractivity contribution in [1.29, 1.82) is 0 Å². The third-order valence-corrected chi connectivity index (χ3v) is 4.91. The minimum absolute atomic E-state index is 0.0397. The Bertz CT molecular complexity index is 900. The summed E-state index contributed by atoms with van der Waals surface area (Å²) in [7, 11) is 1.61. The van der Waals surface area contributed by atoms with Gasteiger partial charge in [-0.1, -0.05) is 12.1 Å². The quantitative estimate of drug-likeness (QED) is 0.806. The van der Waals surface area contributed by atoms with Gasteiger partial charge in [0.15, 0.2) is 11.5 Å². The van der Waals surface area contributed by atoms with Crippen molar-refractivity contribution in [3.05, 3.63) is 48.0 Å². The second kappa shape index (κ2) is 8.30. The zero-order valence-corrected chi connectivity index (χ0v) is 16.1. The molecular weight excluding hydrogens is 374 g/mol. The van der Waals surface area contributed by atoms with Crippen molar-refractivity contribution in [3.8, 4) is 17.2 Å². The number of carbonyl (C=O) groups excluding carboxylic acids is 2. The number of nitrogens with one attached hydrogen (secondary N) is 2. The van der Waals surface area contributed by atoms with Crippen LogP contribution >= 0.6 is 0 Å². The fourth-order valence-corrected chi connectivity index (χ4v) is 3.42. The fraction of sp³-hybridized carbons (Fsp3) is 0.333. The van der Waals surface area contributed by atoms with E-state index in [-0.39, 0.29) is 24.4 Å². The lowest BCUT2D eigenvalue weighted by Gasteiger charge is -2.22. The van der Waals surface area contributed by atoms with Crippen molar-refractivity contribution in [2.45, 2.75) is 19.0 Å². The highest BCUT2D eigenvalue weighted by Gasteiger charge is 2.32. The largest absolute Gasteiger partial charge is 0.497 e. The lowest BCUT2D eigenvalue weighted by atomic mass is 10.2. The molecule has 0 aromatic heterocycles. The van der Waals surface area contributed by atoms with E-state index in [2.05, 4.69) is 10.6 Å². The van der Waals surface area contributed by atoms with E-state index in [1.54, 1.807) is 24.1 Å². The van der Waals surface area contributed by atoms with Crippen molar-refractivity contribution in [3.63, 3.8) is 0 Å². The molecule has 0 aliphatic carbocycles. The molecule has 1 saturated heterocycles. The lowest BCUT2D eigenvalue weighted by Crippen LogP contribution is -2.43. The summed E-state index contributed by atoms with van der Waals surface area (Å²) in [6, 6.07) is 12.3. The SMILES string of the molecule is COc1ccc(CNC(=O)N[C@@H]2CC(=O)N(c3ccc4c(c3)OCCO4)C2)cc1. The van der Waals surface area contributed by atoms with Gasteiger partial charge in [-0.2, -0.15) is 0 Å². The number of methoxy groups -OCH3 is 1. The van der Waals surface area contributed by atoms with Gasteiger partial charge in [-0.05, 0) is 29.8 Å². The first-order chi connectivity index (χ1) is 14.1. The minimum Gasteiger partial charge on any atom is -0.497 e. The van der Waals surface area contributed by atoms with Crippen LogP contribution in [0.25, 0.3) is 0 Å². The van der Waals surface area contributed by atoms with Gasteiger partial charge in [0.05, 0.1) is 13.2 Å². The molecule has 0 radical (unpaired) electrons. The van der Waals surface area contributed by atoms with Crippen LogP contribution in [0.3, 0.4) is 0 Å². The Morgan fingerprint density at radius 2 is 1.90 bits per heavy atom. The molecule has 2 aromatic carbocycles. The summed E-state index contributed by atoms with van der Waals surface area (Å²) in [6.45, 7) is 1.81. The first-order valence-corrected chi connectivity index (χ1v) is 9.49. The summed E-state index contributed by atoms with van der Waals surface area (Å²) in [4.78, 5) is 26.3. The van der Waals surface area contributed by atoms with E-state index in [1.807, 2.05) is 30.3 Å². The predicted molar refractivity (Wildman–Crippen MR) is 107 cm³/mol. The third kappa shape index (κ3) is 4.37. The van der Waals surface area contributed by atoms with E-state index in [9.17, 15) is 9.59 Å². The summed E-state index contributed by atoms with van der Waals surface area (Å²) in [5, 5.41) is 5.69. The zero-order chi connectivity index (χ0) is 20.2. The summed E-state index contributed by atoms with van der Waals surface area (Å²) >= 11 is 0. The first kappa shape index (κ1) is 18.9. The number of fused-ring (bicyclic) bond motifs is 1. The fourth-order valence-electron chi connectivity index (χ4n) is 3.42. The number of amides is 3. The maximum Gasteiger partial charge on any atom is 0.315 e. The number of urea groups is 1. The Morgan fingerprint density at radius 1 is 1.14 bits per heavy atom. The molecule has 2 heterocycles. The first-order valence-electron chi connectivity index (χ1n) is 9.49. The molecular formula is C21H23N3O5. The number of anilines is 1. The van der Waals surface area contributed by atoms with Crippen LogP contribution in [-0.4, -0.2) is 44.8 Å². The van der Waals surface area contributed by atoms with Crippen LogP contribution in [0.1, 0.15) is 12.0 Å². The molecule has 1 fully saturated rings. The minimum atomic E-state index is -0.303. The van der Waals surface area contributed by atoms with E-state index < -0.39 is 0 Å². The molecule has 2 aliphatic rings. The second-order valence-electron chi connectivity index (χ2n) is 6.91. The predicted octanol–water partition coefficient (Wildman–Crippen LogP) is 2.07. The molecule has 8 nitrogen and oxygen atoms in total. The van der Waals surface area contributed by atoms with Gasteiger partial charge in [-0.25, -0.2) is 4.79 Å². The maximum atomic E-state index is 12.4. The summed E-state index contributed by atoms with van der Waals surface area (Å²) < 4.78 is 16.2. The van der Waals surface area contributed by atoms with E-state index >= 15 is 0 Å². The van der Waals surface area contributed by atoms with Crippen molar-refractivity contribution in [2.24, 2.45) is 0 Å². The Labute approximate surface area is 168 Å². The van der Waals surface area contributed by atoms with Crippen LogP contribution < -0.4 is 29.7 Å². The van der Waals surface area contributed by atoms with Gasteiger partial charge in [0.1, 0.15) is 19.0 Å². The van der Waals surface area contributed by atoms with Crippen LogP contribution in [0.5, 0.6) is 17.2 Å². The smallest absolute Gasteiger partial charge is 0.315 e. The van der Waals surface area contributed by atoms with Crippen LogP contribution in [0.4, 0.5) is 10.5 Å². The monoisotopic (exact) mass is 397 g/mol. The van der Waals surface area contributed by atoms with Crippen LogP contribution in [0.15, 0.2) is 42.5 Å². The molecule has 2 aliphatic heterocycles. The van der Waals surface area contributed by atoms with Gasteiger partial charge in [0.2, 0.25) is 5.91 Å². The number of benzene rings is 2. The van der Waals surface area contributed by atoms with Gasteiger partial charge in [-0.3, -0.25) is 4.79 Å². The average molecular weight is 397 g/mol. The van der Waals surface area contributed by atoms with Crippen molar-refractivity contribution in [2.75, 3.05) is 31.8 Å². The van der Waals surface area contributed by atoms with E-state index in [0.29, 0.717) is 37.8 Å². The normalized spacial score (nSPS) is 17.8. The van der Waals surface area contributed by atoms with E-state index in [4.69, 9.17) is 14.2 Å². The zero-order valence-electron chi connectivity index (χ0n) is 16.1. The standard InChI is InChI=1S/C21H23N3O5/c1-27-17-5-2-14(3-6-17)12-22-21(26)23-15-10-20(25)24(13-15)16-4-7-18-19(11-16)29-9-8-28-18/h2-7,11,15H,8-10,12-13H2,1H3,(H2,22,23,26)/t15-/m1/s1. The van der Waals surface area contributed by atoms with Crippen LogP contribution in [0.2, 0.25) is 0 Å². The maximum absolute atomic E-state index is 12.4. The van der Waals surface area contributed by atoms with Crippen LogP contribution in [-0.2, 0) is 11.3 Å². The molecule has 0 spiro atoms. The molecule has 0 bridgehead atoms. The summed E-state index contributed by atoms with van der Waals surface area (Å²) in [6.07, 6.45) is 0.254. The van der Waals surface area contributed by atoms with Crippen molar-refractivity contribution >= 4 is 17.6 Å². The molecule has 1 atom stereocenters. The molecule has 2 N–H and O–H groups in total. The molecule has 4 rings (SSSR count). The van der Waals surface area contributed by atoms with Gasteiger partial charge >= 0.3 is 6.03 Å². The molecule has 3 amide bonds. The lowest BCUT2D eigenvalue weighted by molar-refractivity contribution is -0.117. The Hall–Kier alpha value is -3.42. The number of hydrogen-bond donors (Lipinski definition) is 2. The number of nitrogens with zero attached hydrogens (tertiary/aromatic N) is 1. The van der Waals surface area contributed by atoms with E-state index in [1.165, 1.54) is 0 Å². The van der Waals surface area contributed by atoms with Crippen LogP contribution in [0, 0.1) is 0 Å². The van der Waals surface area contributed by atoms with Crippen molar-refractivity contribution in [1.82, 2.24) is 10.6 Å². The highest BCUT2D eigenvalue weighted by atomic mass is 16.6. The molecule has 152 valence electrons. The Kier molecular flexibility index (Phi) is 5.41. The molecule has 2 aromatic rings. The van der Waals surface area contributed by atoms with Gasteiger partial charge in [0, 0.05) is 31.3 Å². The topological polar surface area (TPSA) is 89.1 Å². The second-order valence-corrected chi connectivity index (χ2v) is 6.91. The van der Waals surface area contributed by atoms with Crippen molar-refractivity contribution < 1.29 is 23.8 Å².